The Balaban J connectivity index is 2.14. The number of aromatic nitrogens is 2. The van der Waals surface area contributed by atoms with Crippen molar-refractivity contribution in [3.63, 3.8) is 0 Å². The molecule has 0 spiro atoms. The highest BCUT2D eigenvalue weighted by molar-refractivity contribution is 4.99. The summed E-state index contributed by atoms with van der Waals surface area (Å²) in [5, 5.41) is 2.77. The van der Waals surface area contributed by atoms with Gasteiger partial charge in [-0.2, -0.15) is 0 Å². The van der Waals surface area contributed by atoms with E-state index in [1.165, 1.54) is 0 Å². The van der Waals surface area contributed by atoms with Crippen LogP contribution in [0.1, 0.15) is 11.4 Å². The Morgan fingerprint density at radius 3 is 2.62 bits per heavy atom. The van der Waals surface area contributed by atoms with E-state index in [0.717, 1.165) is 5.69 Å². The van der Waals surface area contributed by atoms with E-state index in [4.69, 9.17) is 0 Å². The molecule has 0 aromatic carbocycles. The Kier molecular flexibility index (Phi) is 4.63. The fraction of sp³-hybridized carbons (Fsp3) is 0.556. The summed E-state index contributed by atoms with van der Waals surface area (Å²) in [6, 6.07) is 0. The molecule has 0 unspecified atom stereocenters. The number of rotatable bonds is 5. The van der Waals surface area contributed by atoms with Crippen LogP contribution < -0.4 is 5.32 Å². The topological polar surface area (TPSA) is 47.0 Å². The van der Waals surface area contributed by atoms with Crippen molar-refractivity contribution in [1.29, 1.82) is 0 Å². The van der Waals surface area contributed by atoms with Gasteiger partial charge in [-0.3, -0.25) is 14.7 Å². The molecule has 1 rings (SSSR count). The van der Waals surface area contributed by atoms with Crippen LogP contribution in [0.5, 0.6) is 0 Å². The van der Waals surface area contributed by atoms with Gasteiger partial charge in [-0.1, -0.05) is 0 Å². The minimum Gasteiger partial charge on any atom is -0.309 e. The number of nitrogens with zero attached hydrogens (tertiary/aromatic N) is 2. The first-order valence-electron chi connectivity index (χ1n) is 4.66. The van der Waals surface area contributed by atoms with E-state index < -0.39 is 13.0 Å². The van der Waals surface area contributed by atoms with E-state index in [1.807, 2.05) is 0 Å². The van der Waals surface area contributed by atoms with E-state index in [0.29, 0.717) is 12.2 Å². The van der Waals surface area contributed by atoms with Gasteiger partial charge in [0.1, 0.15) is 0 Å². The van der Waals surface area contributed by atoms with Crippen LogP contribution in [-0.2, 0) is 11.3 Å². The van der Waals surface area contributed by atoms with Crippen LogP contribution in [0.15, 0.2) is 12.4 Å². The number of alkyl halides is 3. The van der Waals surface area contributed by atoms with Crippen molar-refractivity contribution in [3.8, 4) is 0 Å². The number of hydrogen-bond donors (Lipinski definition) is 1. The van der Waals surface area contributed by atoms with Crippen LogP contribution in [0.3, 0.4) is 0 Å². The quantitative estimate of drug-likeness (QED) is 0.784. The minimum atomic E-state index is -4.56. The van der Waals surface area contributed by atoms with Gasteiger partial charge in [0.15, 0.2) is 0 Å². The molecule has 1 aromatic rings. The van der Waals surface area contributed by atoms with Gasteiger partial charge in [-0.05, 0) is 6.92 Å². The highest BCUT2D eigenvalue weighted by Crippen LogP contribution is 2.15. The van der Waals surface area contributed by atoms with E-state index in [-0.39, 0.29) is 6.54 Å². The van der Waals surface area contributed by atoms with Gasteiger partial charge in [-0.25, -0.2) is 0 Å². The molecule has 0 amide bonds. The van der Waals surface area contributed by atoms with Crippen LogP contribution in [-0.4, -0.2) is 29.5 Å². The van der Waals surface area contributed by atoms with Gasteiger partial charge in [0.25, 0.3) is 0 Å². The monoisotopic (exact) mass is 235 g/mol. The van der Waals surface area contributed by atoms with Gasteiger partial charge < -0.3 is 5.32 Å². The average molecular weight is 235 g/mol. The second-order valence-electron chi connectivity index (χ2n) is 3.12. The van der Waals surface area contributed by atoms with Crippen molar-refractivity contribution >= 4 is 0 Å². The SMILES string of the molecule is Cc1cnc(CNCCOC(F)(F)F)cn1. The first-order valence-corrected chi connectivity index (χ1v) is 4.66. The zero-order valence-electron chi connectivity index (χ0n) is 8.71. The van der Waals surface area contributed by atoms with Gasteiger partial charge in [0, 0.05) is 25.5 Å². The maximum Gasteiger partial charge on any atom is 0.522 e. The van der Waals surface area contributed by atoms with E-state index in [9.17, 15) is 13.2 Å². The third-order valence-corrected chi connectivity index (χ3v) is 1.69. The Morgan fingerprint density at radius 2 is 2.06 bits per heavy atom. The molecule has 1 heterocycles. The maximum atomic E-state index is 11.6. The Hall–Kier alpha value is -1.21. The summed E-state index contributed by atoms with van der Waals surface area (Å²) in [5.41, 5.74) is 1.47. The molecule has 0 fully saturated rings. The second kappa shape index (κ2) is 5.76. The van der Waals surface area contributed by atoms with Crippen molar-refractivity contribution in [2.24, 2.45) is 0 Å². The van der Waals surface area contributed by atoms with Crippen LogP contribution in [0.4, 0.5) is 13.2 Å². The summed E-state index contributed by atoms with van der Waals surface area (Å²) >= 11 is 0. The summed E-state index contributed by atoms with van der Waals surface area (Å²) in [6.07, 6.45) is -1.39. The lowest BCUT2D eigenvalue weighted by Crippen LogP contribution is -2.24. The fourth-order valence-corrected chi connectivity index (χ4v) is 0.966. The van der Waals surface area contributed by atoms with Crippen LogP contribution in [0, 0.1) is 6.92 Å². The normalized spacial score (nSPS) is 11.8. The summed E-state index contributed by atoms with van der Waals surface area (Å²) in [7, 11) is 0. The fourth-order valence-electron chi connectivity index (χ4n) is 0.966. The van der Waals surface area contributed by atoms with Crippen LogP contribution >= 0.6 is 0 Å². The third-order valence-electron chi connectivity index (χ3n) is 1.69. The van der Waals surface area contributed by atoms with Crippen LogP contribution in [0.2, 0.25) is 0 Å². The van der Waals surface area contributed by atoms with Crippen molar-refractivity contribution in [2.45, 2.75) is 19.8 Å². The number of aryl methyl sites for hydroxylation is 1. The molecule has 0 saturated carbocycles. The molecule has 90 valence electrons. The van der Waals surface area contributed by atoms with Gasteiger partial charge in [-0.15, -0.1) is 13.2 Å². The van der Waals surface area contributed by atoms with Gasteiger partial charge in [0.2, 0.25) is 0 Å². The highest BCUT2D eigenvalue weighted by atomic mass is 19.4. The predicted octanol–water partition coefficient (Wildman–Crippen LogP) is 1.41. The first kappa shape index (κ1) is 12.9. The molecule has 4 nitrogen and oxygen atoms in total. The number of ether oxygens (including phenoxy) is 1. The van der Waals surface area contributed by atoms with Crippen molar-refractivity contribution in [3.05, 3.63) is 23.8 Å². The molecule has 1 aromatic heterocycles. The molecule has 0 bridgehead atoms. The molecular formula is C9H12F3N3O. The first-order chi connectivity index (χ1) is 7.47. The summed E-state index contributed by atoms with van der Waals surface area (Å²) in [4.78, 5) is 8.04. The third kappa shape index (κ3) is 5.62. The van der Waals surface area contributed by atoms with Gasteiger partial charge >= 0.3 is 6.36 Å². The smallest absolute Gasteiger partial charge is 0.309 e. The molecule has 0 aliphatic heterocycles. The lowest BCUT2D eigenvalue weighted by molar-refractivity contribution is -0.323. The Morgan fingerprint density at radius 1 is 1.31 bits per heavy atom. The van der Waals surface area contributed by atoms with Crippen molar-refractivity contribution < 1.29 is 17.9 Å². The lowest BCUT2D eigenvalue weighted by Gasteiger charge is -2.07. The van der Waals surface area contributed by atoms with Crippen molar-refractivity contribution in [1.82, 2.24) is 15.3 Å². The minimum absolute atomic E-state index is 0.106. The summed E-state index contributed by atoms with van der Waals surface area (Å²) in [5.74, 6) is 0. The van der Waals surface area contributed by atoms with E-state index >= 15 is 0 Å². The second-order valence-corrected chi connectivity index (χ2v) is 3.12. The van der Waals surface area contributed by atoms with E-state index in [2.05, 4.69) is 20.0 Å². The number of hydrogen-bond acceptors (Lipinski definition) is 4. The molecule has 0 saturated heterocycles. The molecular weight excluding hydrogens is 223 g/mol. The summed E-state index contributed by atoms with van der Waals surface area (Å²) in [6.45, 7) is 1.87. The molecule has 0 aliphatic rings. The molecule has 1 N–H and O–H groups in total. The van der Waals surface area contributed by atoms with Gasteiger partial charge in [0.05, 0.1) is 18.0 Å². The lowest BCUT2D eigenvalue weighted by atomic mass is 10.4. The highest BCUT2D eigenvalue weighted by Gasteiger charge is 2.28. The molecule has 0 atom stereocenters. The van der Waals surface area contributed by atoms with Crippen LogP contribution in [0.25, 0.3) is 0 Å². The van der Waals surface area contributed by atoms with Crippen molar-refractivity contribution in [2.75, 3.05) is 13.2 Å². The Labute approximate surface area is 90.9 Å². The molecule has 0 aliphatic carbocycles. The Bertz CT molecular complexity index is 313. The molecule has 7 heteroatoms. The zero-order chi connectivity index (χ0) is 12.0. The zero-order valence-corrected chi connectivity index (χ0v) is 8.71. The standard InChI is InChI=1S/C9H12F3N3O/c1-7-4-15-8(6-14-7)5-13-2-3-16-9(10,11)12/h4,6,13H,2-3,5H2,1H3. The summed E-state index contributed by atoms with van der Waals surface area (Å²) < 4.78 is 38.3. The maximum absolute atomic E-state index is 11.6. The number of halogens is 3. The molecule has 16 heavy (non-hydrogen) atoms. The van der Waals surface area contributed by atoms with E-state index in [1.54, 1.807) is 19.3 Å². The predicted molar refractivity (Wildman–Crippen MR) is 50.5 cm³/mol. The average Bonchev–Trinajstić information content (AvgIpc) is 2.19. The largest absolute Gasteiger partial charge is 0.522 e. The number of nitrogens with one attached hydrogen (secondary N) is 1. The molecule has 0 radical (unpaired) electrons.